The van der Waals surface area contributed by atoms with Gasteiger partial charge in [0.2, 0.25) is 10.0 Å². The maximum absolute atomic E-state index is 13.2. The molecule has 2 rings (SSSR count). The van der Waals surface area contributed by atoms with Gasteiger partial charge in [0.15, 0.2) is 0 Å². The Morgan fingerprint density at radius 3 is 2.50 bits per heavy atom. The summed E-state index contributed by atoms with van der Waals surface area (Å²) >= 11 is 11.7. The summed E-state index contributed by atoms with van der Waals surface area (Å²) in [6, 6.07) is 1.90. The lowest BCUT2D eigenvalue weighted by molar-refractivity contribution is 0.271. The Labute approximate surface area is 127 Å². The smallest absolute Gasteiger partial charge is 0.246 e. The van der Waals surface area contributed by atoms with Gasteiger partial charge in [0, 0.05) is 13.1 Å². The fourth-order valence-corrected chi connectivity index (χ4v) is 5.03. The molecule has 1 aliphatic heterocycles. The molecule has 1 heterocycles. The maximum atomic E-state index is 13.2. The molecule has 1 saturated heterocycles. The van der Waals surface area contributed by atoms with E-state index in [2.05, 4.69) is 0 Å². The summed E-state index contributed by atoms with van der Waals surface area (Å²) in [5.74, 6) is -0.547. The van der Waals surface area contributed by atoms with E-state index in [1.165, 1.54) is 4.31 Å². The molecule has 0 aromatic heterocycles. The van der Waals surface area contributed by atoms with Gasteiger partial charge < -0.3 is 5.73 Å². The molecule has 1 unspecified atom stereocenters. The first kappa shape index (κ1) is 16.0. The first-order chi connectivity index (χ1) is 9.36. The van der Waals surface area contributed by atoms with Gasteiger partial charge in [-0.3, -0.25) is 0 Å². The van der Waals surface area contributed by atoms with E-state index in [4.69, 9.17) is 28.9 Å². The van der Waals surface area contributed by atoms with Crippen molar-refractivity contribution in [2.24, 2.45) is 11.7 Å². The summed E-state index contributed by atoms with van der Waals surface area (Å²) in [5, 5.41) is -0.408. The third-order valence-electron chi connectivity index (χ3n) is 3.38. The fraction of sp³-hybridized carbons (Fsp3) is 0.500. The molecule has 0 radical (unpaired) electrons. The molecule has 8 heteroatoms. The highest BCUT2D eigenvalue weighted by atomic mass is 35.5. The molecule has 20 heavy (non-hydrogen) atoms. The van der Waals surface area contributed by atoms with Crippen molar-refractivity contribution in [2.75, 3.05) is 19.6 Å². The predicted molar refractivity (Wildman–Crippen MR) is 77.0 cm³/mol. The van der Waals surface area contributed by atoms with Crippen LogP contribution in [0.4, 0.5) is 4.39 Å². The number of hydrogen-bond acceptors (Lipinski definition) is 3. The van der Waals surface area contributed by atoms with Crippen LogP contribution < -0.4 is 5.73 Å². The van der Waals surface area contributed by atoms with Crippen LogP contribution >= 0.6 is 23.2 Å². The van der Waals surface area contributed by atoms with Crippen LogP contribution in [0, 0.1) is 11.7 Å². The minimum atomic E-state index is -3.84. The van der Waals surface area contributed by atoms with Crippen molar-refractivity contribution < 1.29 is 12.8 Å². The van der Waals surface area contributed by atoms with Crippen molar-refractivity contribution in [3.63, 3.8) is 0 Å². The highest BCUT2D eigenvalue weighted by Crippen LogP contribution is 2.34. The lowest BCUT2D eigenvalue weighted by Gasteiger charge is -2.31. The molecule has 1 aromatic carbocycles. The van der Waals surface area contributed by atoms with Gasteiger partial charge in [0.25, 0.3) is 0 Å². The fourth-order valence-electron chi connectivity index (χ4n) is 2.34. The molecule has 0 amide bonds. The second-order valence-electron chi connectivity index (χ2n) is 4.81. The molecule has 1 fully saturated rings. The number of nitrogens with two attached hydrogens (primary N) is 1. The molecule has 0 saturated carbocycles. The number of rotatable bonds is 3. The van der Waals surface area contributed by atoms with E-state index < -0.39 is 15.8 Å². The van der Waals surface area contributed by atoms with E-state index in [0.717, 1.165) is 25.0 Å². The number of hydrogen-bond donors (Lipinski definition) is 1. The molecule has 0 aliphatic carbocycles. The van der Waals surface area contributed by atoms with Crippen LogP contribution in [0.25, 0.3) is 0 Å². The van der Waals surface area contributed by atoms with Gasteiger partial charge in [-0.05, 0) is 37.4 Å². The van der Waals surface area contributed by atoms with Crippen LogP contribution in [-0.2, 0) is 10.0 Å². The number of benzene rings is 1. The third-order valence-corrected chi connectivity index (χ3v) is 6.16. The van der Waals surface area contributed by atoms with Crippen LogP contribution in [0.5, 0.6) is 0 Å². The first-order valence-corrected chi connectivity index (χ1v) is 8.40. The van der Waals surface area contributed by atoms with Crippen LogP contribution in [0.15, 0.2) is 17.0 Å². The molecule has 0 spiro atoms. The number of sulfonamides is 1. The largest absolute Gasteiger partial charge is 0.330 e. The Bertz CT molecular complexity index is 586. The van der Waals surface area contributed by atoms with Gasteiger partial charge in [-0.25, -0.2) is 12.8 Å². The van der Waals surface area contributed by atoms with Crippen LogP contribution in [0.2, 0.25) is 10.0 Å². The second-order valence-corrected chi connectivity index (χ2v) is 7.49. The molecule has 112 valence electrons. The zero-order chi connectivity index (χ0) is 14.9. The highest BCUT2D eigenvalue weighted by molar-refractivity contribution is 7.89. The first-order valence-electron chi connectivity index (χ1n) is 6.21. The Kier molecular flexibility index (Phi) is 4.92. The van der Waals surface area contributed by atoms with Gasteiger partial charge >= 0.3 is 0 Å². The third kappa shape index (κ3) is 3.09. The molecule has 2 N–H and O–H groups in total. The topological polar surface area (TPSA) is 63.4 Å². The van der Waals surface area contributed by atoms with Crippen molar-refractivity contribution in [3.8, 4) is 0 Å². The lowest BCUT2D eigenvalue weighted by atomic mass is 10.0. The van der Waals surface area contributed by atoms with Gasteiger partial charge in [-0.15, -0.1) is 0 Å². The number of halogens is 3. The van der Waals surface area contributed by atoms with E-state index >= 15 is 0 Å². The maximum Gasteiger partial charge on any atom is 0.246 e. The van der Waals surface area contributed by atoms with Crippen molar-refractivity contribution >= 4 is 33.2 Å². The van der Waals surface area contributed by atoms with Crippen molar-refractivity contribution in [2.45, 2.75) is 17.7 Å². The zero-order valence-corrected chi connectivity index (χ0v) is 13.0. The van der Waals surface area contributed by atoms with E-state index in [0.29, 0.717) is 19.6 Å². The Hall–Kier alpha value is -0.400. The predicted octanol–water partition coefficient (Wildman–Crippen LogP) is 2.49. The summed E-state index contributed by atoms with van der Waals surface area (Å²) in [6.07, 6.45) is 1.63. The zero-order valence-electron chi connectivity index (χ0n) is 10.7. The molecule has 0 bridgehead atoms. The monoisotopic (exact) mass is 340 g/mol. The summed E-state index contributed by atoms with van der Waals surface area (Å²) in [5.41, 5.74) is 5.60. The average Bonchev–Trinajstić information content (AvgIpc) is 2.37. The number of nitrogens with zero attached hydrogens (tertiary/aromatic N) is 1. The quantitative estimate of drug-likeness (QED) is 0.919. The molecule has 4 nitrogen and oxygen atoms in total. The average molecular weight is 341 g/mol. The minimum Gasteiger partial charge on any atom is -0.330 e. The van der Waals surface area contributed by atoms with Crippen LogP contribution in [0.3, 0.4) is 0 Å². The van der Waals surface area contributed by atoms with E-state index in [-0.39, 0.29) is 20.9 Å². The van der Waals surface area contributed by atoms with Crippen LogP contribution in [-0.4, -0.2) is 32.4 Å². The van der Waals surface area contributed by atoms with Crippen molar-refractivity contribution in [1.82, 2.24) is 4.31 Å². The van der Waals surface area contributed by atoms with E-state index in [1.54, 1.807) is 0 Å². The molecule has 1 atom stereocenters. The molecule has 1 aliphatic rings. The summed E-state index contributed by atoms with van der Waals surface area (Å²) in [6.45, 7) is 1.16. The normalized spacial score (nSPS) is 21.1. The van der Waals surface area contributed by atoms with Crippen molar-refractivity contribution in [3.05, 3.63) is 28.0 Å². The van der Waals surface area contributed by atoms with Gasteiger partial charge in [-0.1, -0.05) is 23.2 Å². The molecule has 1 aromatic rings. The van der Waals surface area contributed by atoms with E-state index in [1.807, 2.05) is 0 Å². The Balaban J connectivity index is 2.40. The minimum absolute atomic E-state index is 0.122. The Morgan fingerprint density at radius 2 is 1.95 bits per heavy atom. The van der Waals surface area contributed by atoms with Crippen LogP contribution in [0.1, 0.15) is 12.8 Å². The SMILES string of the molecule is NCC1CCCN(S(=O)(=O)c2c(Cl)cc(F)cc2Cl)C1. The Morgan fingerprint density at radius 1 is 1.35 bits per heavy atom. The summed E-state index contributed by atoms with van der Waals surface area (Å²) < 4.78 is 39.7. The van der Waals surface area contributed by atoms with Gasteiger partial charge in [0.1, 0.15) is 10.7 Å². The summed E-state index contributed by atoms with van der Waals surface area (Å²) in [4.78, 5) is -0.236. The van der Waals surface area contributed by atoms with E-state index in [9.17, 15) is 12.8 Å². The highest BCUT2D eigenvalue weighted by Gasteiger charge is 2.33. The van der Waals surface area contributed by atoms with Gasteiger partial charge in [-0.2, -0.15) is 4.31 Å². The number of piperidine rings is 1. The standard InChI is InChI=1S/C12H15Cl2FN2O2S/c13-10-4-9(15)5-11(14)12(10)20(18,19)17-3-1-2-8(6-16)7-17/h4-5,8H,1-3,6-7,16H2. The van der Waals surface area contributed by atoms with Crippen molar-refractivity contribution in [1.29, 1.82) is 0 Å². The summed E-state index contributed by atoms with van der Waals surface area (Å²) in [7, 11) is -3.84. The molecular formula is C12H15Cl2FN2O2S. The second kappa shape index (κ2) is 6.15. The van der Waals surface area contributed by atoms with Gasteiger partial charge in [0.05, 0.1) is 10.0 Å². The lowest BCUT2D eigenvalue weighted by Crippen LogP contribution is -2.42. The molecular weight excluding hydrogens is 326 g/mol.